The summed E-state index contributed by atoms with van der Waals surface area (Å²) in [5.41, 5.74) is -0.659. The molecule has 0 radical (unpaired) electrons. The summed E-state index contributed by atoms with van der Waals surface area (Å²) in [5, 5.41) is 9.37. The molecular weight excluding hydrogens is 282 g/mol. The number of benzene rings is 1. The molecule has 1 heterocycles. The van der Waals surface area contributed by atoms with Crippen LogP contribution < -0.4 is 4.90 Å². The largest absolute Gasteiger partial charge is 0.508 e. The second-order valence-electron chi connectivity index (χ2n) is 7.33. The molecule has 5 nitrogen and oxygen atoms in total. The van der Waals surface area contributed by atoms with E-state index in [2.05, 4.69) is 0 Å². The molecule has 5 heteroatoms. The second kappa shape index (κ2) is 3.77. The Morgan fingerprint density at radius 1 is 1.05 bits per heavy atom. The van der Waals surface area contributed by atoms with Crippen LogP contribution in [0.4, 0.5) is 5.69 Å². The van der Waals surface area contributed by atoms with Gasteiger partial charge < -0.3 is 5.11 Å². The Bertz CT molecular complexity index is 725. The molecule has 0 spiro atoms. The highest BCUT2D eigenvalue weighted by Crippen LogP contribution is 2.67. The van der Waals surface area contributed by atoms with Crippen molar-refractivity contribution >= 4 is 23.3 Å². The van der Waals surface area contributed by atoms with Gasteiger partial charge in [-0.1, -0.05) is 13.8 Å². The van der Waals surface area contributed by atoms with Gasteiger partial charge in [0.2, 0.25) is 11.8 Å². The summed E-state index contributed by atoms with van der Waals surface area (Å²) in [6, 6.07) is 6.02. The van der Waals surface area contributed by atoms with Gasteiger partial charge in [-0.2, -0.15) is 0 Å². The summed E-state index contributed by atoms with van der Waals surface area (Å²) in [4.78, 5) is 39.2. The summed E-state index contributed by atoms with van der Waals surface area (Å²) in [7, 11) is 0. The number of rotatable bonds is 1. The van der Waals surface area contributed by atoms with E-state index in [9.17, 15) is 19.5 Å². The Kier molecular flexibility index (Phi) is 2.31. The van der Waals surface area contributed by atoms with Crippen molar-refractivity contribution < 1.29 is 19.5 Å². The Labute approximate surface area is 127 Å². The van der Waals surface area contributed by atoms with Crippen LogP contribution in [0.5, 0.6) is 5.75 Å². The van der Waals surface area contributed by atoms with Crippen LogP contribution in [0.3, 0.4) is 0 Å². The number of ketones is 1. The van der Waals surface area contributed by atoms with Gasteiger partial charge in [-0.3, -0.25) is 19.3 Å². The third kappa shape index (κ3) is 1.36. The van der Waals surface area contributed by atoms with E-state index in [1.165, 1.54) is 17.0 Å². The first-order valence-electron chi connectivity index (χ1n) is 7.48. The molecule has 1 aliphatic heterocycles. The summed E-state index contributed by atoms with van der Waals surface area (Å²) < 4.78 is 0. The van der Waals surface area contributed by atoms with Crippen molar-refractivity contribution in [3.8, 4) is 5.75 Å². The number of Topliss-reactive ketones (excluding diaryl/α,β-unsaturated/α-hetero) is 1. The maximum absolute atomic E-state index is 12.9. The number of phenols is 1. The standard InChI is InChI=1S/C17H17NO4/c1-16-7-11(20)17(2,8-16)13-12(16)14(21)18(15(13)22)9-3-5-10(19)6-4-9/h3-6,12-13,19H,7-8H2,1-2H3/t12-,13-,16+,17+/m1/s1. The zero-order valence-electron chi connectivity index (χ0n) is 12.5. The lowest BCUT2D eigenvalue weighted by atomic mass is 9.68. The smallest absolute Gasteiger partial charge is 0.238 e. The van der Waals surface area contributed by atoms with E-state index in [0.717, 1.165) is 0 Å². The van der Waals surface area contributed by atoms with Crippen LogP contribution in [0.2, 0.25) is 0 Å². The highest BCUT2D eigenvalue weighted by molar-refractivity contribution is 6.24. The summed E-state index contributed by atoms with van der Waals surface area (Å²) >= 11 is 0. The fourth-order valence-electron chi connectivity index (χ4n) is 4.94. The molecule has 2 bridgehead atoms. The number of carbonyl (C=O) groups is 3. The first-order valence-corrected chi connectivity index (χ1v) is 7.48. The van der Waals surface area contributed by atoms with Crippen LogP contribution in [0.1, 0.15) is 26.7 Å². The Hall–Kier alpha value is -2.17. The average molecular weight is 299 g/mol. The Morgan fingerprint density at radius 2 is 1.64 bits per heavy atom. The maximum atomic E-state index is 12.9. The molecule has 2 saturated carbocycles. The van der Waals surface area contributed by atoms with Crippen LogP contribution in [0.15, 0.2) is 24.3 Å². The third-order valence-corrected chi connectivity index (χ3v) is 5.82. The van der Waals surface area contributed by atoms with Crippen molar-refractivity contribution in [3.05, 3.63) is 24.3 Å². The minimum Gasteiger partial charge on any atom is -0.508 e. The number of carbonyl (C=O) groups excluding carboxylic acids is 3. The predicted molar refractivity (Wildman–Crippen MR) is 78.0 cm³/mol. The molecule has 1 saturated heterocycles. The van der Waals surface area contributed by atoms with Crippen molar-refractivity contribution in [2.24, 2.45) is 22.7 Å². The molecule has 1 aromatic rings. The fourth-order valence-corrected chi connectivity index (χ4v) is 4.94. The molecule has 0 unspecified atom stereocenters. The molecule has 3 fully saturated rings. The van der Waals surface area contributed by atoms with Crippen molar-refractivity contribution in [1.29, 1.82) is 0 Å². The molecular formula is C17H17NO4. The van der Waals surface area contributed by atoms with E-state index in [0.29, 0.717) is 18.5 Å². The maximum Gasteiger partial charge on any atom is 0.238 e. The van der Waals surface area contributed by atoms with Gasteiger partial charge >= 0.3 is 0 Å². The minimum atomic E-state index is -0.710. The zero-order chi connectivity index (χ0) is 15.9. The Balaban J connectivity index is 1.81. The molecule has 4 atom stereocenters. The summed E-state index contributed by atoms with van der Waals surface area (Å²) in [6.07, 6.45) is 1.00. The number of phenolic OH excluding ortho intramolecular Hbond substituents is 1. The van der Waals surface area contributed by atoms with Gasteiger partial charge in [-0.25, -0.2) is 0 Å². The highest BCUT2D eigenvalue weighted by atomic mass is 16.3. The first-order chi connectivity index (χ1) is 10.3. The number of fused-ring (bicyclic) bond motifs is 5. The van der Waals surface area contributed by atoms with E-state index in [1.807, 2.05) is 13.8 Å². The average Bonchev–Trinajstić information content (AvgIpc) is 2.94. The van der Waals surface area contributed by atoms with E-state index in [1.54, 1.807) is 12.1 Å². The summed E-state index contributed by atoms with van der Waals surface area (Å²) in [6.45, 7) is 3.78. The van der Waals surface area contributed by atoms with Gasteiger partial charge in [0.15, 0.2) is 0 Å². The van der Waals surface area contributed by atoms with E-state index in [-0.39, 0.29) is 23.3 Å². The predicted octanol–water partition coefficient (Wildman–Crippen LogP) is 1.89. The molecule has 1 aromatic carbocycles. The molecule has 4 rings (SSSR count). The van der Waals surface area contributed by atoms with Gasteiger partial charge in [0.25, 0.3) is 0 Å². The van der Waals surface area contributed by atoms with Crippen LogP contribution >= 0.6 is 0 Å². The first kappa shape index (κ1) is 13.5. The molecule has 0 aromatic heterocycles. The number of hydrogen-bond acceptors (Lipinski definition) is 4. The van der Waals surface area contributed by atoms with Gasteiger partial charge in [0.1, 0.15) is 11.5 Å². The van der Waals surface area contributed by atoms with Crippen molar-refractivity contribution in [2.75, 3.05) is 4.90 Å². The fraction of sp³-hybridized carbons (Fsp3) is 0.471. The lowest BCUT2D eigenvalue weighted by Crippen LogP contribution is -2.40. The molecule has 3 aliphatic rings. The highest BCUT2D eigenvalue weighted by Gasteiger charge is 2.74. The normalized spacial score (nSPS) is 39.7. The molecule has 1 N–H and O–H groups in total. The van der Waals surface area contributed by atoms with Gasteiger partial charge in [0, 0.05) is 11.8 Å². The lowest BCUT2D eigenvalue weighted by Gasteiger charge is -2.30. The van der Waals surface area contributed by atoms with Gasteiger partial charge in [0.05, 0.1) is 17.5 Å². The number of hydrogen-bond donors (Lipinski definition) is 1. The quantitative estimate of drug-likeness (QED) is 0.804. The zero-order valence-corrected chi connectivity index (χ0v) is 12.5. The van der Waals surface area contributed by atoms with E-state index >= 15 is 0 Å². The van der Waals surface area contributed by atoms with Gasteiger partial charge in [-0.15, -0.1) is 0 Å². The van der Waals surface area contributed by atoms with Crippen molar-refractivity contribution in [2.45, 2.75) is 26.7 Å². The van der Waals surface area contributed by atoms with Crippen LogP contribution in [0, 0.1) is 22.7 Å². The molecule has 114 valence electrons. The lowest BCUT2D eigenvalue weighted by molar-refractivity contribution is -0.138. The van der Waals surface area contributed by atoms with E-state index < -0.39 is 22.7 Å². The van der Waals surface area contributed by atoms with Crippen molar-refractivity contribution in [3.63, 3.8) is 0 Å². The topological polar surface area (TPSA) is 74.7 Å². The number of imide groups is 1. The Morgan fingerprint density at radius 3 is 2.27 bits per heavy atom. The van der Waals surface area contributed by atoms with Crippen LogP contribution in [0.25, 0.3) is 0 Å². The van der Waals surface area contributed by atoms with Crippen LogP contribution in [-0.2, 0) is 14.4 Å². The molecule has 22 heavy (non-hydrogen) atoms. The molecule has 2 amide bonds. The molecule has 2 aliphatic carbocycles. The monoisotopic (exact) mass is 299 g/mol. The number of anilines is 1. The number of aromatic hydroxyl groups is 1. The SMILES string of the molecule is C[C@]12CC(=O)[C@](C)(C1)[C@H]1C(=O)N(c3ccc(O)cc3)C(=O)[C@@H]12. The van der Waals surface area contributed by atoms with E-state index in [4.69, 9.17) is 0 Å². The third-order valence-electron chi connectivity index (χ3n) is 5.82. The minimum absolute atomic E-state index is 0.0807. The van der Waals surface area contributed by atoms with Crippen LogP contribution in [-0.4, -0.2) is 22.7 Å². The number of nitrogens with zero attached hydrogens (tertiary/aromatic N) is 1. The number of amides is 2. The van der Waals surface area contributed by atoms with Gasteiger partial charge in [-0.05, 0) is 36.1 Å². The summed E-state index contributed by atoms with van der Waals surface area (Å²) in [5.74, 6) is -1.25. The second-order valence-corrected chi connectivity index (χ2v) is 7.33. The van der Waals surface area contributed by atoms with Crippen molar-refractivity contribution in [1.82, 2.24) is 0 Å².